The van der Waals surface area contributed by atoms with E-state index >= 15 is 8.78 Å². The molecule has 3 saturated heterocycles. The number of anilines is 3. The maximum absolute atomic E-state index is 16.0. The van der Waals surface area contributed by atoms with Crippen molar-refractivity contribution in [3.05, 3.63) is 19.0 Å². The van der Waals surface area contributed by atoms with Gasteiger partial charge in [-0.1, -0.05) is 0 Å². The van der Waals surface area contributed by atoms with Gasteiger partial charge in [0, 0.05) is 0 Å². The number of rotatable bonds is 4. The fraction of sp³-hybridized carbons (Fsp3) is 0.524. The van der Waals surface area contributed by atoms with Crippen LogP contribution in [0.5, 0.6) is 0 Å². The summed E-state index contributed by atoms with van der Waals surface area (Å²) in [6.45, 7) is -2.16. The first-order valence-electron chi connectivity index (χ1n) is 13.0. The van der Waals surface area contributed by atoms with Gasteiger partial charge in [0.25, 0.3) is 0 Å². The molecule has 3 aromatic rings. The van der Waals surface area contributed by atoms with Gasteiger partial charge in [-0.3, -0.25) is 0 Å². The molecule has 3 aliphatic rings. The van der Waals surface area contributed by atoms with E-state index in [2.05, 4.69) is 61.1 Å². The molecule has 24 heteroatoms. The molecule has 0 radical (unpaired) electrons. The van der Waals surface area contributed by atoms with Crippen LogP contribution in [0.2, 0.25) is 0 Å². The number of alkyl halides is 2. The summed E-state index contributed by atoms with van der Waals surface area (Å²) in [6.07, 6.45) is -9.09. The average Bonchev–Trinajstić information content (AvgIpc) is 3.64. The van der Waals surface area contributed by atoms with Crippen molar-refractivity contribution in [2.24, 2.45) is 4.99 Å². The summed E-state index contributed by atoms with van der Waals surface area (Å²) >= 11 is 8.14. The summed E-state index contributed by atoms with van der Waals surface area (Å²) in [4.78, 5) is 36.1. The second kappa shape index (κ2) is 12.3. The fourth-order valence-electron chi connectivity index (χ4n) is 5.18. The predicted octanol–water partition coefficient (Wildman–Crippen LogP) is 1.73. The van der Waals surface area contributed by atoms with E-state index in [0.717, 1.165) is 6.33 Å². The number of ether oxygens (including phenoxy) is 2. The summed E-state index contributed by atoms with van der Waals surface area (Å²) in [5, 5.41) is 0. The number of aliphatic imine (C=N–C) groups is 1. The van der Waals surface area contributed by atoms with E-state index in [4.69, 9.17) is 39.0 Å². The molecule has 3 aromatic heterocycles. The molecule has 0 saturated carbocycles. The summed E-state index contributed by atoms with van der Waals surface area (Å²) in [5.41, 5.74) is 12.1. The Bertz CT molecular complexity index is 1650. The summed E-state index contributed by atoms with van der Waals surface area (Å²) in [7, 11) is -3.06. The van der Waals surface area contributed by atoms with Crippen molar-refractivity contribution in [2.45, 2.75) is 49.2 Å². The molecule has 6 rings (SSSR count). The first-order chi connectivity index (χ1) is 21.3. The van der Waals surface area contributed by atoms with Crippen LogP contribution >= 0.6 is 38.4 Å². The van der Waals surface area contributed by atoms with Crippen LogP contribution in [0.1, 0.15) is 6.23 Å². The van der Waals surface area contributed by atoms with E-state index in [0.29, 0.717) is 0 Å². The molecule has 3 fully saturated rings. The van der Waals surface area contributed by atoms with Gasteiger partial charge < -0.3 is 0 Å². The van der Waals surface area contributed by atoms with Crippen molar-refractivity contribution in [2.75, 3.05) is 36.6 Å². The maximum atomic E-state index is 16.0. The number of fused-ring (bicyclic) bond motifs is 3. The van der Waals surface area contributed by atoms with Crippen molar-refractivity contribution in [1.82, 2.24) is 29.5 Å². The van der Waals surface area contributed by atoms with Gasteiger partial charge in [-0.15, -0.1) is 0 Å². The molecule has 0 aliphatic carbocycles. The first kappa shape index (κ1) is 32.6. The average molecular weight is 713 g/mol. The Kier molecular flexibility index (Phi) is 8.94. The van der Waals surface area contributed by atoms with Gasteiger partial charge in [-0.05, 0) is 0 Å². The third-order valence-corrected chi connectivity index (χ3v) is 10.7. The molecule has 0 aromatic carbocycles. The van der Waals surface area contributed by atoms with Crippen LogP contribution in [-0.4, -0.2) is 104 Å². The normalized spacial score (nSPS) is 36.0. The molecule has 0 unspecified atom stereocenters. The Morgan fingerprint density at radius 3 is 2.58 bits per heavy atom. The monoisotopic (exact) mass is 712 g/mol. The number of hydrogen-bond donors (Lipinski definition) is 5. The minimum absolute atomic E-state index is 0.0140. The van der Waals surface area contributed by atoms with Crippen LogP contribution in [0.25, 0.3) is 11.2 Å². The standard InChI is InChI=1S/C21H28F2N10O8P2S2/c1-26-12-16(24)27-5-29-18(12)32(2)20-10(22)14-8(38-20)3-36-43(35,45)41-15-9(4-37-42(34,44)40-14)39-21(11(15)23)33-7-31-13-17(25)28-6-30-19(13)33/h5-11,14-15,20-21,34,42,44H,1,3-4H2,2H3,(H,35,45)(H2,24,27,29)(H2,25,28,30)/t8-,9-,10+,11+,14-,15-,20-,21-,43-/m1/s1. The number of nitrogen functional groups attached to an aromatic ring is 2. The molecule has 18 nitrogen and oxygen atoms in total. The third-order valence-electron chi connectivity index (χ3n) is 7.28. The molecule has 3 aliphatic heterocycles. The molecule has 45 heavy (non-hydrogen) atoms. The van der Waals surface area contributed by atoms with Crippen molar-refractivity contribution in [3.8, 4) is 0 Å². The Balaban J connectivity index is 1.26. The van der Waals surface area contributed by atoms with Crippen LogP contribution in [-0.2, 0) is 32.1 Å². The van der Waals surface area contributed by atoms with E-state index in [1.165, 1.54) is 29.2 Å². The second-order valence-electron chi connectivity index (χ2n) is 10.1. The zero-order valence-electron chi connectivity index (χ0n) is 23.1. The molecule has 246 valence electrons. The zero-order chi connectivity index (χ0) is 32.3. The number of nitrogens with zero attached hydrogens (tertiary/aromatic N) is 8. The minimum atomic E-state index is -4.50. The van der Waals surface area contributed by atoms with Crippen LogP contribution in [0.3, 0.4) is 0 Å². The van der Waals surface area contributed by atoms with Crippen LogP contribution in [0.15, 0.2) is 24.0 Å². The van der Waals surface area contributed by atoms with E-state index < -0.39 is 76.4 Å². The van der Waals surface area contributed by atoms with Gasteiger partial charge in [-0.25, -0.2) is 0 Å². The van der Waals surface area contributed by atoms with Crippen molar-refractivity contribution in [3.63, 3.8) is 0 Å². The van der Waals surface area contributed by atoms with E-state index in [1.807, 2.05) is 0 Å². The third kappa shape index (κ3) is 6.21. The van der Waals surface area contributed by atoms with Crippen LogP contribution < -0.4 is 16.4 Å². The number of thiol groups is 2. The number of hydrogen-bond acceptors (Lipinski definition) is 18. The summed E-state index contributed by atoms with van der Waals surface area (Å²) in [6, 6.07) is 0. The van der Waals surface area contributed by atoms with Gasteiger partial charge >= 0.3 is 265 Å². The molecule has 0 bridgehead atoms. The van der Waals surface area contributed by atoms with Gasteiger partial charge in [0.2, 0.25) is 0 Å². The molecule has 0 amide bonds. The predicted molar refractivity (Wildman–Crippen MR) is 164 cm³/mol. The van der Waals surface area contributed by atoms with Crippen molar-refractivity contribution in [1.29, 1.82) is 0 Å². The van der Waals surface area contributed by atoms with Gasteiger partial charge in [0.1, 0.15) is 0 Å². The summed E-state index contributed by atoms with van der Waals surface area (Å²) < 4.78 is 80.5. The van der Waals surface area contributed by atoms with E-state index in [9.17, 15) is 9.46 Å². The van der Waals surface area contributed by atoms with Crippen molar-refractivity contribution >= 4 is 79.5 Å². The SMILES string of the molecule is C=Nc1c(N)ncnc1N(C)[C@@H]1O[C@@H]2CO[P@@](=O)(S)O[C@H]3[C@H](F)[C@H](n4cnc5c(N)ncnc54)O[C@@H]3CO[PH](O)(S)O[C@H]2[C@@H]1F. The Hall–Kier alpha value is -2.36. The number of halogens is 2. The molecule has 9 atom stereocenters. The second-order valence-corrected chi connectivity index (χ2v) is 16.3. The number of aromatic nitrogens is 6. The Labute approximate surface area is 264 Å². The van der Waals surface area contributed by atoms with Gasteiger partial charge in [0.05, 0.1) is 0 Å². The fourth-order valence-corrected chi connectivity index (χ4v) is 8.34. The van der Waals surface area contributed by atoms with E-state index in [-0.39, 0.29) is 34.3 Å². The number of nitrogens with two attached hydrogens (primary N) is 2. The van der Waals surface area contributed by atoms with Gasteiger partial charge in [-0.2, -0.15) is 0 Å². The first-order valence-corrected chi connectivity index (χ1v) is 18.8. The zero-order valence-corrected chi connectivity index (χ0v) is 26.8. The molecular weight excluding hydrogens is 684 g/mol. The number of imidazole rings is 1. The molecule has 0 spiro atoms. The van der Waals surface area contributed by atoms with Crippen molar-refractivity contribution < 1.29 is 45.8 Å². The Morgan fingerprint density at radius 2 is 1.82 bits per heavy atom. The molecule has 6 heterocycles. The Morgan fingerprint density at radius 1 is 1.11 bits per heavy atom. The summed E-state index contributed by atoms with van der Waals surface area (Å²) in [5.74, 6) is 0.121. The van der Waals surface area contributed by atoms with Crippen LogP contribution in [0, 0.1) is 0 Å². The van der Waals surface area contributed by atoms with Gasteiger partial charge in [0.15, 0.2) is 0 Å². The van der Waals surface area contributed by atoms with Crippen LogP contribution in [0.4, 0.5) is 31.9 Å². The topological polar surface area (TPSA) is 230 Å². The molecular formula is C21H28F2N10O8P2S2. The quantitative estimate of drug-likeness (QED) is 0.147. The van der Waals surface area contributed by atoms with E-state index in [1.54, 1.807) is 0 Å². The molecule has 5 N–H and O–H groups in total.